The maximum atomic E-state index is 11.6. The van der Waals surface area contributed by atoms with E-state index < -0.39 is 0 Å². The van der Waals surface area contributed by atoms with Gasteiger partial charge in [0, 0.05) is 0 Å². The number of benzene rings is 1. The third-order valence-corrected chi connectivity index (χ3v) is 3.20. The summed E-state index contributed by atoms with van der Waals surface area (Å²) in [6.07, 6.45) is 1.45. The Morgan fingerprint density at radius 2 is 2.32 bits per heavy atom. The molecule has 2 N–H and O–H groups in total. The molecule has 0 bridgehead atoms. The normalized spacial score (nSPS) is 10.6. The van der Waals surface area contributed by atoms with Gasteiger partial charge in [0.25, 0.3) is 5.91 Å². The number of methoxy groups -OCH3 is 1. The van der Waals surface area contributed by atoms with Crippen molar-refractivity contribution in [3.05, 3.63) is 46.2 Å². The van der Waals surface area contributed by atoms with Crippen LogP contribution in [-0.4, -0.2) is 24.3 Å². The number of ether oxygens (including phenoxy) is 1. The van der Waals surface area contributed by atoms with Crippen LogP contribution in [-0.2, 0) is 0 Å². The standard InChI is InChI=1S/C13H12N2O3S/c1-18-11-5-4-9(7-10(11)16)8-14-15-13(17)12-3-2-6-19-12/h2-8,16H,1H3,(H,15,17)/b14-8-. The lowest BCUT2D eigenvalue weighted by atomic mass is 10.2. The molecule has 1 aromatic carbocycles. The van der Waals surface area contributed by atoms with Crippen LogP contribution >= 0.6 is 11.3 Å². The van der Waals surface area contributed by atoms with Crippen LogP contribution in [0.5, 0.6) is 11.5 Å². The first-order valence-electron chi connectivity index (χ1n) is 5.44. The first-order chi connectivity index (χ1) is 9.20. The van der Waals surface area contributed by atoms with Crippen molar-refractivity contribution in [3.63, 3.8) is 0 Å². The van der Waals surface area contributed by atoms with Gasteiger partial charge in [-0.15, -0.1) is 11.3 Å². The van der Waals surface area contributed by atoms with E-state index in [9.17, 15) is 9.90 Å². The van der Waals surface area contributed by atoms with E-state index in [1.807, 2.05) is 5.38 Å². The molecule has 0 fully saturated rings. The first-order valence-corrected chi connectivity index (χ1v) is 6.32. The van der Waals surface area contributed by atoms with Gasteiger partial charge in [-0.05, 0) is 35.2 Å². The number of hydrogen-bond acceptors (Lipinski definition) is 5. The molecule has 2 rings (SSSR count). The van der Waals surface area contributed by atoms with E-state index in [0.717, 1.165) is 0 Å². The summed E-state index contributed by atoms with van der Waals surface area (Å²) in [6, 6.07) is 8.36. The SMILES string of the molecule is COc1ccc(/C=N\NC(=O)c2cccs2)cc1O. The highest BCUT2D eigenvalue weighted by atomic mass is 32.1. The number of rotatable bonds is 4. The van der Waals surface area contributed by atoms with Crippen LogP contribution in [0.3, 0.4) is 0 Å². The summed E-state index contributed by atoms with van der Waals surface area (Å²) < 4.78 is 4.93. The summed E-state index contributed by atoms with van der Waals surface area (Å²) in [4.78, 5) is 12.2. The number of thiophene rings is 1. The van der Waals surface area contributed by atoms with Gasteiger partial charge in [-0.25, -0.2) is 5.43 Å². The van der Waals surface area contributed by atoms with Crippen LogP contribution in [0.2, 0.25) is 0 Å². The Morgan fingerprint density at radius 1 is 1.47 bits per heavy atom. The van der Waals surface area contributed by atoms with Crippen molar-refractivity contribution in [1.29, 1.82) is 0 Å². The van der Waals surface area contributed by atoms with Crippen molar-refractivity contribution in [2.24, 2.45) is 5.10 Å². The Hall–Kier alpha value is -2.34. The van der Waals surface area contributed by atoms with Gasteiger partial charge in [-0.1, -0.05) is 6.07 Å². The van der Waals surface area contributed by atoms with Crippen LogP contribution in [0.1, 0.15) is 15.2 Å². The minimum atomic E-state index is -0.260. The number of nitrogens with one attached hydrogen (secondary N) is 1. The van der Waals surface area contributed by atoms with Crippen LogP contribution < -0.4 is 10.2 Å². The number of phenols is 1. The quantitative estimate of drug-likeness (QED) is 0.664. The molecule has 0 saturated carbocycles. The molecule has 0 aliphatic carbocycles. The van der Waals surface area contributed by atoms with Crippen molar-refractivity contribution < 1.29 is 14.6 Å². The fraction of sp³-hybridized carbons (Fsp3) is 0.0769. The fourth-order valence-corrected chi connectivity index (χ4v) is 2.03. The summed E-state index contributed by atoms with van der Waals surface area (Å²) in [5.74, 6) is 0.153. The van der Waals surface area contributed by atoms with E-state index in [0.29, 0.717) is 16.2 Å². The molecule has 2 aromatic rings. The highest BCUT2D eigenvalue weighted by Gasteiger charge is 2.04. The highest BCUT2D eigenvalue weighted by molar-refractivity contribution is 7.12. The van der Waals surface area contributed by atoms with Gasteiger partial charge in [0.1, 0.15) is 0 Å². The molecular formula is C13H12N2O3S. The smallest absolute Gasteiger partial charge is 0.281 e. The third kappa shape index (κ3) is 3.32. The Kier molecular flexibility index (Phi) is 4.15. The molecule has 0 atom stereocenters. The van der Waals surface area contributed by atoms with Crippen molar-refractivity contribution in [3.8, 4) is 11.5 Å². The van der Waals surface area contributed by atoms with Gasteiger partial charge in [0.05, 0.1) is 18.2 Å². The average molecular weight is 276 g/mol. The fourth-order valence-electron chi connectivity index (χ4n) is 1.42. The van der Waals surface area contributed by atoms with Gasteiger partial charge in [-0.3, -0.25) is 4.79 Å². The van der Waals surface area contributed by atoms with E-state index in [1.165, 1.54) is 30.7 Å². The number of carbonyl (C=O) groups excluding carboxylic acids is 1. The minimum Gasteiger partial charge on any atom is -0.504 e. The molecule has 0 saturated heterocycles. The van der Waals surface area contributed by atoms with Crippen molar-refractivity contribution in [2.45, 2.75) is 0 Å². The molecular weight excluding hydrogens is 264 g/mol. The predicted octanol–water partition coefficient (Wildman–Crippen LogP) is 2.23. The van der Waals surface area contributed by atoms with Crippen LogP contribution in [0, 0.1) is 0 Å². The molecule has 5 nitrogen and oxygen atoms in total. The zero-order valence-corrected chi connectivity index (χ0v) is 11.0. The zero-order chi connectivity index (χ0) is 13.7. The molecule has 0 spiro atoms. The van der Waals surface area contributed by atoms with Gasteiger partial charge >= 0.3 is 0 Å². The predicted molar refractivity (Wildman–Crippen MR) is 74.0 cm³/mol. The maximum absolute atomic E-state index is 11.6. The monoisotopic (exact) mass is 276 g/mol. The summed E-state index contributed by atoms with van der Waals surface area (Å²) in [7, 11) is 1.48. The molecule has 98 valence electrons. The van der Waals surface area contributed by atoms with Gasteiger partial charge in [-0.2, -0.15) is 5.10 Å². The van der Waals surface area contributed by atoms with Gasteiger partial charge < -0.3 is 9.84 Å². The molecule has 19 heavy (non-hydrogen) atoms. The Bertz CT molecular complexity index is 594. The van der Waals surface area contributed by atoms with Crippen LogP contribution in [0.15, 0.2) is 40.8 Å². The molecule has 1 aromatic heterocycles. The van der Waals surface area contributed by atoms with Crippen molar-refractivity contribution in [2.75, 3.05) is 7.11 Å². The molecule has 1 heterocycles. The molecule has 0 unspecified atom stereocenters. The largest absolute Gasteiger partial charge is 0.504 e. The van der Waals surface area contributed by atoms with Gasteiger partial charge in [0.15, 0.2) is 11.5 Å². The molecule has 0 radical (unpaired) electrons. The number of phenolic OH excluding ortho intramolecular Hbond substituents is 1. The summed E-state index contributed by atoms with van der Waals surface area (Å²) in [5.41, 5.74) is 3.07. The lowest BCUT2D eigenvalue weighted by Crippen LogP contribution is -2.16. The second kappa shape index (κ2) is 6.01. The van der Waals surface area contributed by atoms with Crippen LogP contribution in [0.25, 0.3) is 0 Å². The van der Waals surface area contributed by atoms with Crippen molar-refractivity contribution in [1.82, 2.24) is 5.43 Å². The van der Waals surface area contributed by atoms with E-state index in [2.05, 4.69) is 10.5 Å². The second-order valence-corrected chi connectivity index (χ2v) is 4.56. The van der Waals surface area contributed by atoms with Gasteiger partial charge in [0.2, 0.25) is 0 Å². The average Bonchev–Trinajstić information content (AvgIpc) is 2.93. The maximum Gasteiger partial charge on any atom is 0.281 e. The number of aromatic hydroxyl groups is 1. The molecule has 0 aliphatic heterocycles. The molecule has 6 heteroatoms. The summed E-state index contributed by atoms with van der Waals surface area (Å²) >= 11 is 1.34. The summed E-state index contributed by atoms with van der Waals surface area (Å²) in [5, 5.41) is 15.2. The number of nitrogens with zero attached hydrogens (tertiary/aromatic N) is 1. The Balaban J connectivity index is 1.99. The lowest BCUT2D eigenvalue weighted by Gasteiger charge is -2.03. The van der Waals surface area contributed by atoms with E-state index in [1.54, 1.807) is 24.3 Å². The lowest BCUT2D eigenvalue weighted by molar-refractivity contribution is 0.0959. The topological polar surface area (TPSA) is 70.9 Å². The van der Waals surface area contributed by atoms with E-state index in [-0.39, 0.29) is 11.7 Å². The molecule has 1 amide bonds. The second-order valence-electron chi connectivity index (χ2n) is 3.61. The summed E-state index contributed by atoms with van der Waals surface area (Å²) in [6.45, 7) is 0. The van der Waals surface area contributed by atoms with E-state index >= 15 is 0 Å². The zero-order valence-electron chi connectivity index (χ0n) is 10.2. The van der Waals surface area contributed by atoms with E-state index in [4.69, 9.17) is 4.74 Å². The Morgan fingerprint density at radius 3 is 2.95 bits per heavy atom. The number of amides is 1. The Labute approximate surface area is 114 Å². The third-order valence-electron chi connectivity index (χ3n) is 2.33. The minimum absolute atomic E-state index is 0.0241. The first kappa shape index (κ1) is 13.1. The highest BCUT2D eigenvalue weighted by Crippen LogP contribution is 2.25. The van der Waals surface area contributed by atoms with Crippen molar-refractivity contribution >= 4 is 23.5 Å². The number of hydrogen-bond donors (Lipinski definition) is 2. The number of carbonyl (C=O) groups is 1. The number of hydrazone groups is 1. The molecule has 0 aliphatic rings. The van der Waals surface area contributed by atoms with Crippen LogP contribution in [0.4, 0.5) is 0 Å².